The number of aliphatic hydroxyl groups excluding tert-OH is 2. The van der Waals surface area contributed by atoms with Gasteiger partial charge in [-0.05, 0) is 12.5 Å². The molecule has 4 nitrogen and oxygen atoms in total. The number of halogens is 2. The van der Waals surface area contributed by atoms with Gasteiger partial charge >= 0.3 is 0 Å². The Balaban J connectivity index is 2.84. The second kappa shape index (κ2) is 6.25. The number of methoxy groups -OCH3 is 1. The molecule has 0 fully saturated rings. The van der Waals surface area contributed by atoms with Crippen LogP contribution in [0.15, 0.2) is 12.3 Å². The number of pyridine rings is 1. The van der Waals surface area contributed by atoms with Crippen molar-refractivity contribution >= 4 is 23.2 Å². The van der Waals surface area contributed by atoms with E-state index >= 15 is 0 Å². The highest BCUT2D eigenvalue weighted by molar-refractivity contribution is 6.31. The van der Waals surface area contributed by atoms with Gasteiger partial charge < -0.3 is 14.9 Å². The zero-order valence-electron chi connectivity index (χ0n) is 8.73. The Morgan fingerprint density at radius 2 is 2.19 bits per heavy atom. The quantitative estimate of drug-likeness (QED) is 0.797. The highest BCUT2D eigenvalue weighted by Crippen LogP contribution is 2.26. The van der Waals surface area contributed by atoms with Crippen LogP contribution < -0.4 is 4.74 Å². The molecule has 90 valence electrons. The SMILES string of the molecule is COc1ncc(C(O)C(O)CCCl)cc1Cl. The Morgan fingerprint density at radius 3 is 2.69 bits per heavy atom. The summed E-state index contributed by atoms with van der Waals surface area (Å²) in [6.07, 6.45) is -0.266. The number of alkyl halides is 1. The van der Waals surface area contributed by atoms with Crippen molar-refractivity contribution in [2.45, 2.75) is 18.6 Å². The van der Waals surface area contributed by atoms with Crippen LogP contribution in [0.25, 0.3) is 0 Å². The van der Waals surface area contributed by atoms with Crippen LogP contribution in [0, 0.1) is 0 Å². The van der Waals surface area contributed by atoms with Gasteiger partial charge in [0.25, 0.3) is 0 Å². The fourth-order valence-electron chi connectivity index (χ4n) is 1.24. The van der Waals surface area contributed by atoms with Gasteiger partial charge in [0.2, 0.25) is 5.88 Å². The maximum absolute atomic E-state index is 9.76. The summed E-state index contributed by atoms with van der Waals surface area (Å²) in [5.41, 5.74) is 0.434. The summed E-state index contributed by atoms with van der Waals surface area (Å²) >= 11 is 11.3. The molecule has 1 heterocycles. The normalized spacial score (nSPS) is 14.6. The van der Waals surface area contributed by atoms with E-state index in [0.29, 0.717) is 12.0 Å². The lowest BCUT2D eigenvalue weighted by molar-refractivity contribution is 0.0167. The third-order valence-corrected chi connectivity index (χ3v) is 2.62. The van der Waals surface area contributed by atoms with Crippen molar-refractivity contribution in [2.75, 3.05) is 13.0 Å². The topological polar surface area (TPSA) is 62.6 Å². The number of rotatable bonds is 5. The molecular formula is C10H13Cl2NO3. The predicted molar refractivity (Wildman–Crippen MR) is 62.1 cm³/mol. The highest BCUT2D eigenvalue weighted by atomic mass is 35.5. The van der Waals surface area contributed by atoms with E-state index in [4.69, 9.17) is 27.9 Å². The Hall–Kier alpha value is -0.550. The summed E-state index contributed by atoms with van der Waals surface area (Å²) in [6.45, 7) is 0. The Labute approximate surface area is 104 Å². The molecule has 0 aromatic carbocycles. The monoisotopic (exact) mass is 265 g/mol. The predicted octanol–water partition coefficient (Wildman–Crippen LogP) is 1.77. The highest BCUT2D eigenvalue weighted by Gasteiger charge is 2.19. The van der Waals surface area contributed by atoms with Crippen LogP contribution in [0.2, 0.25) is 5.02 Å². The minimum absolute atomic E-state index is 0.273. The largest absolute Gasteiger partial charge is 0.480 e. The Kier molecular flexibility index (Phi) is 5.28. The van der Waals surface area contributed by atoms with Gasteiger partial charge in [0.1, 0.15) is 11.1 Å². The van der Waals surface area contributed by atoms with Gasteiger partial charge in [-0.3, -0.25) is 0 Å². The number of aliphatic hydroxyl groups is 2. The lowest BCUT2D eigenvalue weighted by Crippen LogP contribution is -2.18. The van der Waals surface area contributed by atoms with Crippen LogP contribution in [0.3, 0.4) is 0 Å². The molecule has 0 spiro atoms. The Bertz CT molecular complexity index is 349. The van der Waals surface area contributed by atoms with Crippen LogP contribution in [0.1, 0.15) is 18.1 Å². The third-order valence-electron chi connectivity index (χ3n) is 2.13. The summed E-state index contributed by atoms with van der Waals surface area (Å²) in [6, 6.07) is 1.51. The Morgan fingerprint density at radius 1 is 1.50 bits per heavy atom. The molecule has 0 aliphatic rings. The van der Waals surface area contributed by atoms with Gasteiger partial charge in [0, 0.05) is 17.6 Å². The van der Waals surface area contributed by atoms with Crippen LogP contribution in [0.5, 0.6) is 5.88 Å². The molecule has 16 heavy (non-hydrogen) atoms. The second-order valence-electron chi connectivity index (χ2n) is 3.25. The number of hydrogen-bond acceptors (Lipinski definition) is 4. The van der Waals surface area contributed by atoms with Gasteiger partial charge in [-0.15, -0.1) is 11.6 Å². The van der Waals surface area contributed by atoms with Crippen LogP contribution in [-0.2, 0) is 0 Å². The first-order valence-corrected chi connectivity index (χ1v) is 5.63. The van der Waals surface area contributed by atoms with E-state index < -0.39 is 12.2 Å². The van der Waals surface area contributed by atoms with Gasteiger partial charge in [-0.2, -0.15) is 0 Å². The standard InChI is InChI=1S/C10H13Cl2NO3/c1-16-10-7(12)4-6(5-13-10)9(15)8(14)2-3-11/h4-5,8-9,14-15H,2-3H2,1H3. The first-order chi connectivity index (χ1) is 7.60. The molecule has 2 unspecified atom stereocenters. The van der Waals surface area contributed by atoms with E-state index in [-0.39, 0.29) is 16.8 Å². The van der Waals surface area contributed by atoms with Gasteiger partial charge in [-0.1, -0.05) is 11.6 Å². The number of nitrogens with zero attached hydrogens (tertiary/aromatic N) is 1. The maximum atomic E-state index is 9.76. The smallest absolute Gasteiger partial charge is 0.232 e. The molecule has 2 N–H and O–H groups in total. The molecule has 0 aliphatic carbocycles. The van der Waals surface area contributed by atoms with E-state index in [1.807, 2.05) is 0 Å². The summed E-state index contributed by atoms with van der Waals surface area (Å²) < 4.78 is 4.88. The van der Waals surface area contributed by atoms with E-state index in [1.165, 1.54) is 19.4 Å². The molecule has 1 aromatic rings. The van der Waals surface area contributed by atoms with Crippen molar-refractivity contribution in [3.8, 4) is 5.88 Å². The zero-order chi connectivity index (χ0) is 12.1. The fourth-order valence-corrected chi connectivity index (χ4v) is 1.72. The maximum Gasteiger partial charge on any atom is 0.232 e. The molecular weight excluding hydrogens is 253 g/mol. The average Bonchev–Trinajstić information content (AvgIpc) is 2.28. The molecule has 0 amide bonds. The summed E-state index contributed by atoms with van der Waals surface area (Å²) in [5, 5.41) is 19.6. The lowest BCUT2D eigenvalue weighted by Gasteiger charge is -2.17. The van der Waals surface area contributed by atoms with E-state index in [1.54, 1.807) is 0 Å². The van der Waals surface area contributed by atoms with Crippen molar-refractivity contribution < 1.29 is 14.9 Å². The fraction of sp³-hybridized carbons (Fsp3) is 0.500. The minimum Gasteiger partial charge on any atom is -0.480 e. The molecule has 0 aliphatic heterocycles. The molecule has 0 bridgehead atoms. The molecule has 2 atom stereocenters. The summed E-state index contributed by atoms with van der Waals surface area (Å²) in [7, 11) is 1.45. The lowest BCUT2D eigenvalue weighted by atomic mass is 10.0. The van der Waals surface area contributed by atoms with Crippen molar-refractivity contribution in [3.63, 3.8) is 0 Å². The molecule has 0 saturated heterocycles. The first kappa shape index (κ1) is 13.5. The van der Waals surface area contributed by atoms with Crippen LogP contribution in [0.4, 0.5) is 0 Å². The van der Waals surface area contributed by atoms with Crippen molar-refractivity contribution in [2.24, 2.45) is 0 Å². The number of ether oxygens (including phenoxy) is 1. The van der Waals surface area contributed by atoms with E-state index in [2.05, 4.69) is 4.98 Å². The zero-order valence-corrected chi connectivity index (χ0v) is 10.2. The van der Waals surface area contributed by atoms with E-state index in [0.717, 1.165) is 0 Å². The van der Waals surface area contributed by atoms with Crippen molar-refractivity contribution in [3.05, 3.63) is 22.8 Å². The molecule has 6 heteroatoms. The van der Waals surface area contributed by atoms with Crippen molar-refractivity contribution in [1.82, 2.24) is 4.98 Å². The molecule has 1 aromatic heterocycles. The average molecular weight is 266 g/mol. The van der Waals surface area contributed by atoms with Crippen LogP contribution in [-0.4, -0.2) is 34.3 Å². The van der Waals surface area contributed by atoms with Crippen LogP contribution >= 0.6 is 23.2 Å². The molecule has 0 saturated carbocycles. The second-order valence-corrected chi connectivity index (χ2v) is 4.03. The summed E-state index contributed by atoms with van der Waals surface area (Å²) in [4.78, 5) is 3.90. The molecule has 1 rings (SSSR count). The number of aromatic nitrogens is 1. The van der Waals surface area contributed by atoms with E-state index in [9.17, 15) is 10.2 Å². The third kappa shape index (κ3) is 3.22. The van der Waals surface area contributed by atoms with Gasteiger partial charge in [0.05, 0.1) is 13.2 Å². The first-order valence-electron chi connectivity index (χ1n) is 4.71. The van der Waals surface area contributed by atoms with Gasteiger partial charge in [0.15, 0.2) is 0 Å². The van der Waals surface area contributed by atoms with Crippen molar-refractivity contribution in [1.29, 1.82) is 0 Å². The minimum atomic E-state index is -1.05. The summed E-state index contributed by atoms with van der Waals surface area (Å²) in [5.74, 6) is 0.555. The molecule has 0 radical (unpaired) electrons. The number of hydrogen-bond donors (Lipinski definition) is 2. The van der Waals surface area contributed by atoms with Gasteiger partial charge in [-0.25, -0.2) is 4.98 Å².